The topological polar surface area (TPSA) is 62.2 Å². The molecule has 6 nitrogen and oxygen atoms in total. The minimum atomic E-state index is -0.613. The number of aliphatic hydroxyl groups is 1. The molecular formula is C22H30N2O4. The zero-order chi connectivity index (χ0) is 19.7. The van der Waals surface area contributed by atoms with Crippen LogP contribution in [0.2, 0.25) is 0 Å². The fourth-order valence-corrected chi connectivity index (χ4v) is 6.60. The summed E-state index contributed by atoms with van der Waals surface area (Å²) in [5, 5.41) is 15.0. The molecule has 5 fully saturated rings. The van der Waals surface area contributed by atoms with Crippen molar-refractivity contribution in [3.8, 4) is 5.75 Å². The molecular weight excluding hydrogens is 356 g/mol. The number of hydrogen-bond donors (Lipinski definition) is 1. The van der Waals surface area contributed by atoms with Gasteiger partial charge in [0.2, 0.25) is 0 Å². The van der Waals surface area contributed by atoms with E-state index in [2.05, 4.69) is 5.01 Å². The van der Waals surface area contributed by atoms with Gasteiger partial charge in [-0.3, -0.25) is 9.80 Å². The van der Waals surface area contributed by atoms with Crippen LogP contribution in [0.1, 0.15) is 46.0 Å². The number of hydrazine groups is 1. The van der Waals surface area contributed by atoms with Crippen LogP contribution < -0.4 is 9.75 Å². The highest BCUT2D eigenvalue weighted by Gasteiger charge is 2.63. The first-order chi connectivity index (χ1) is 13.3. The number of carbonyl (C=O) groups excluding carboxylic acids is 1. The first-order valence-electron chi connectivity index (χ1n) is 10.4. The number of para-hydroxylation sites is 2. The number of carbonyl (C=O) groups is 1. The molecule has 6 rings (SSSR count). The summed E-state index contributed by atoms with van der Waals surface area (Å²) < 4.78 is 10.9. The highest BCUT2D eigenvalue weighted by atomic mass is 16.7. The third-order valence-corrected chi connectivity index (χ3v) is 7.38. The molecule has 0 aromatic heterocycles. The summed E-state index contributed by atoms with van der Waals surface area (Å²) in [7, 11) is 1.60. The maximum atomic E-state index is 13.3. The third-order valence-electron chi connectivity index (χ3n) is 7.38. The van der Waals surface area contributed by atoms with Crippen molar-refractivity contribution in [2.45, 2.75) is 63.1 Å². The minimum Gasteiger partial charge on any atom is -0.465 e. The number of rotatable bonds is 5. The lowest BCUT2D eigenvalue weighted by Gasteiger charge is -2.67. The minimum absolute atomic E-state index is 0.165. The summed E-state index contributed by atoms with van der Waals surface area (Å²) in [4.78, 5) is 13.3. The second kappa shape index (κ2) is 6.10. The summed E-state index contributed by atoms with van der Waals surface area (Å²) in [6.45, 7) is 4.12. The van der Waals surface area contributed by atoms with Crippen LogP contribution in [0.4, 0.5) is 5.69 Å². The lowest BCUT2D eigenvalue weighted by atomic mass is 9.52. The highest BCUT2D eigenvalue weighted by Crippen LogP contribution is 2.59. The molecule has 1 N–H and O–H groups in total. The molecule has 1 amide bonds. The van der Waals surface area contributed by atoms with Gasteiger partial charge in [0.1, 0.15) is 17.0 Å². The van der Waals surface area contributed by atoms with E-state index in [0.29, 0.717) is 17.8 Å². The Bertz CT molecular complexity index is 778. The Balaban J connectivity index is 1.50. The number of benzene rings is 1. The van der Waals surface area contributed by atoms with E-state index in [0.717, 1.165) is 43.5 Å². The molecule has 0 spiro atoms. The van der Waals surface area contributed by atoms with Gasteiger partial charge in [0.15, 0.2) is 6.79 Å². The van der Waals surface area contributed by atoms with Gasteiger partial charge in [0.25, 0.3) is 5.91 Å². The van der Waals surface area contributed by atoms with Gasteiger partial charge in [-0.25, -0.2) is 5.01 Å². The second-order valence-electron chi connectivity index (χ2n) is 9.72. The quantitative estimate of drug-likeness (QED) is 0.789. The Kier molecular flexibility index (Phi) is 3.98. The van der Waals surface area contributed by atoms with Crippen LogP contribution >= 0.6 is 0 Å². The van der Waals surface area contributed by atoms with Crippen molar-refractivity contribution in [2.24, 2.45) is 17.8 Å². The Hall–Kier alpha value is -1.79. The molecule has 1 aromatic carbocycles. The number of amides is 1. The van der Waals surface area contributed by atoms with E-state index in [1.54, 1.807) is 7.11 Å². The molecule has 0 radical (unpaired) electrons. The molecule has 2 atom stereocenters. The largest absolute Gasteiger partial charge is 0.465 e. The van der Waals surface area contributed by atoms with Gasteiger partial charge in [0.05, 0.1) is 11.6 Å². The molecule has 4 bridgehead atoms. The summed E-state index contributed by atoms with van der Waals surface area (Å²) in [6, 6.07) is 8.02. The number of nitrogens with zero attached hydrogens (tertiary/aromatic N) is 2. The summed E-state index contributed by atoms with van der Waals surface area (Å²) in [6.07, 6.45) is 4.85. The van der Waals surface area contributed by atoms with E-state index in [-0.39, 0.29) is 18.7 Å². The van der Waals surface area contributed by atoms with E-state index in [1.807, 2.05) is 43.1 Å². The number of anilines is 1. The van der Waals surface area contributed by atoms with Gasteiger partial charge in [-0.2, -0.15) is 0 Å². The van der Waals surface area contributed by atoms with E-state index in [4.69, 9.17) is 9.47 Å². The monoisotopic (exact) mass is 386 g/mol. The Labute approximate surface area is 166 Å². The molecule has 1 heterocycles. The van der Waals surface area contributed by atoms with Crippen LogP contribution in [-0.2, 0) is 9.53 Å². The van der Waals surface area contributed by atoms with Crippen LogP contribution in [0, 0.1) is 17.8 Å². The average molecular weight is 386 g/mol. The highest BCUT2D eigenvalue weighted by molar-refractivity contribution is 5.98. The number of ether oxygens (including phenoxy) is 2. The van der Waals surface area contributed by atoms with Gasteiger partial charge in [-0.15, -0.1) is 0 Å². The summed E-state index contributed by atoms with van der Waals surface area (Å²) in [5.41, 5.74) is -0.213. The average Bonchev–Trinajstić information content (AvgIpc) is 2.64. The molecule has 2 unspecified atom stereocenters. The molecule has 4 saturated carbocycles. The van der Waals surface area contributed by atoms with E-state index in [9.17, 15) is 9.90 Å². The zero-order valence-corrected chi connectivity index (χ0v) is 16.9. The molecule has 152 valence electrons. The Morgan fingerprint density at radius 1 is 1.14 bits per heavy atom. The lowest BCUT2D eigenvalue weighted by molar-refractivity contribution is -0.190. The standard InChI is InChI=1S/C22H30N2O4/c1-21(2)20(25)23(24(21)17-6-4-5-7-18(17)28-13-27-3)19-15-8-14-9-16(19)12-22(26,10-14)11-15/h4-7,14-16,19,26H,8-13H2,1-3H3. The predicted molar refractivity (Wildman–Crippen MR) is 105 cm³/mol. The van der Waals surface area contributed by atoms with Crippen molar-refractivity contribution in [1.29, 1.82) is 0 Å². The van der Waals surface area contributed by atoms with Crippen LogP contribution in [0.15, 0.2) is 24.3 Å². The molecule has 1 saturated heterocycles. The van der Waals surface area contributed by atoms with Gasteiger partial charge in [-0.05, 0) is 75.8 Å². The van der Waals surface area contributed by atoms with Gasteiger partial charge in [-0.1, -0.05) is 12.1 Å². The SMILES string of the molecule is COCOc1ccccc1N1N(C2C3CC4CC2CC(O)(C4)C3)C(=O)C1(C)C. The molecule has 5 aliphatic rings. The predicted octanol–water partition coefficient (Wildman–Crippen LogP) is 2.95. The Morgan fingerprint density at radius 2 is 1.82 bits per heavy atom. The molecule has 28 heavy (non-hydrogen) atoms. The molecule has 1 aliphatic heterocycles. The fourth-order valence-electron chi connectivity index (χ4n) is 6.60. The van der Waals surface area contributed by atoms with Crippen LogP contribution in [0.3, 0.4) is 0 Å². The number of methoxy groups -OCH3 is 1. The summed E-state index contributed by atoms with van der Waals surface area (Å²) >= 11 is 0. The zero-order valence-electron chi connectivity index (χ0n) is 16.9. The third kappa shape index (κ3) is 2.50. The van der Waals surface area contributed by atoms with Gasteiger partial charge < -0.3 is 14.6 Å². The molecule has 4 aliphatic carbocycles. The van der Waals surface area contributed by atoms with Crippen molar-refractivity contribution in [3.63, 3.8) is 0 Å². The maximum absolute atomic E-state index is 13.3. The van der Waals surface area contributed by atoms with E-state index in [1.165, 1.54) is 0 Å². The first-order valence-corrected chi connectivity index (χ1v) is 10.4. The van der Waals surface area contributed by atoms with E-state index >= 15 is 0 Å². The molecule has 1 aromatic rings. The van der Waals surface area contributed by atoms with Crippen LogP contribution in [0.25, 0.3) is 0 Å². The van der Waals surface area contributed by atoms with Gasteiger partial charge >= 0.3 is 0 Å². The fraction of sp³-hybridized carbons (Fsp3) is 0.682. The van der Waals surface area contributed by atoms with Crippen molar-refractivity contribution >= 4 is 11.6 Å². The van der Waals surface area contributed by atoms with Crippen molar-refractivity contribution in [1.82, 2.24) is 5.01 Å². The van der Waals surface area contributed by atoms with Crippen LogP contribution in [0.5, 0.6) is 5.75 Å². The first kappa shape index (κ1) is 18.3. The van der Waals surface area contributed by atoms with Crippen molar-refractivity contribution in [2.75, 3.05) is 18.9 Å². The second-order valence-corrected chi connectivity index (χ2v) is 9.72. The van der Waals surface area contributed by atoms with E-state index < -0.39 is 11.1 Å². The van der Waals surface area contributed by atoms with Crippen molar-refractivity contribution in [3.05, 3.63) is 24.3 Å². The summed E-state index contributed by atoms with van der Waals surface area (Å²) in [5.74, 6) is 2.27. The van der Waals surface area contributed by atoms with Gasteiger partial charge in [0, 0.05) is 7.11 Å². The normalized spacial score (nSPS) is 37.9. The lowest BCUT2D eigenvalue weighted by Crippen LogP contribution is -2.81. The smallest absolute Gasteiger partial charge is 0.268 e. The van der Waals surface area contributed by atoms with Crippen LogP contribution in [-0.4, -0.2) is 47.1 Å². The number of hydrogen-bond acceptors (Lipinski definition) is 5. The van der Waals surface area contributed by atoms with Crippen molar-refractivity contribution < 1.29 is 19.4 Å². The Morgan fingerprint density at radius 3 is 2.46 bits per heavy atom. The molecule has 6 heteroatoms. The maximum Gasteiger partial charge on any atom is 0.268 e.